The van der Waals surface area contributed by atoms with Gasteiger partial charge in [0.25, 0.3) is 0 Å². The average Bonchev–Trinajstić information content (AvgIpc) is 2.67. The number of ether oxygens (including phenoxy) is 4. The molecule has 7 heteroatoms. The van der Waals surface area contributed by atoms with Crippen LogP contribution in [0.1, 0.15) is 5.56 Å². The highest BCUT2D eigenvalue weighted by Gasteiger charge is 2.28. The number of aliphatic hydroxyl groups excluding tert-OH is 3. The van der Waals surface area contributed by atoms with Gasteiger partial charge >= 0.3 is 0 Å². The SMILES string of the molecule is OCC(CO)(CO)COCCOCCOCCOCc1ccccc1. The van der Waals surface area contributed by atoms with Gasteiger partial charge in [0, 0.05) is 0 Å². The second-order valence-corrected chi connectivity index (χ2v) is 5.79. The Morgan fingerprint density at radius 1 is 0.640 bits per heavy atom. The number of hydrogen-bond acceptors (Lipinski definition) is 7. The molecule has 3 N–H and O–H groups in total. The molecule has 0 heterocycles. The van der Waals surface area contributed by atoms with E-state index in [4.69, 9.17) is 34.3 Å². The van der Waals surface area contributed by atoms with Crippen LogP contribution in [0.3, 0.4) is 0 Å². The van der Waals surface area contributed by atoms with E-state index in [0.717, 1.165) is 5.56 Å². The van der Waals surface area contributed by atoms with Gasteiger partial charge < -0.3 is 34.3 Å². The molecule has 0 unspecified atom stereocenters. The van der Waals surface area contributed by atoms with Crippen molar-refractivity contribution in [3.05, 3.63) is 35.9 Å². The first kappa shape index (κ1) is 22.0. The predicted octanol–water partition coefficient (Wildman–Crippen LogP) is 0.216. The molecule has 0 aliphatic carbocycles. The maximum Gasteiger partial charge on any atom is 0.0718 e. The van der Waals surface area contributed by atoms with E-state index in [1.54, 1.807) is 0 Å². The molecule has 0 saturated heterocycles. The molecule has 0 aliphatic heterocycles. The van der Waals surface area contributed by atoms with Gasteiger partial charge in [-0.05, 0) is 5.56 Å². The Morgan fingerprint density at radius 2 is 1.12 bits per heavy atom. The van der Waals surface area contributed by atoms with Crippen LogP contribution in [-0.2, 0) is 25.6 Å². The normalized spacial score (nSPS) is 11.8. The Kier molecular flexibility index (Phi) is 12.4. The summed E-state index contributed by atoms with van der Waals surface area (Å²) in [4.78, 5) is 0. The lowest BCUT2D eigenvalue weighted by molar-refractivity contribution is -0.0696. The predicted molar refractivity (Wildman–Crippen MR) is 92.2 cm³/mol. The number of rotatable bonds is 16. The smallest absolute Gasteiger partial charge is 0.0718 e. The van der Waals surface area contributed by atoms with Crippen molar-refractivity contribution in [3.63, 3.8) is 0 Å². The van der Waals surface area contributed by atoms with Crippen molar-refractivity contribution in [2.24, 2.45) is 5.41 Å². The zero-order valence-corrected chi connectivity index (χ0v) is 14.6. The maximum atomic E-state index is 9.14. The van der Waals surface area contributed by atoms with Crippen molar-refractivity contribution in [2.45, 2.75) is 6.61 Å². The fourth-order valence-electron chi connectivity index (χ4n) is 1.90. The average molecular weight is 358 g/mol. The molecular formula is C18H30O7. The lowest BCUT2D eigenvalue weighted by Crippen LogP contribution is -2.39. The van der Waals surface area contributed by atoms with Crippen LogP contribution in [0.15, 0.2) is 30.3 Å². The Morgan fingerprint density at radius 3 is 1.64 bits per heavy atom. The summed E-state index contributed by atoms with van der Waals surface area (Å²) in [6.45, 7) is 2.33. The summed E-state index contributed by atoms with van der Waals surface area (Å²) >= 11 is 0. The van der Waals surface area contributed by atoms with Crippen molar-refractivity contribution < 1.29 is 34.3 Å². The van der Waals surface area contributed by atoms with E-state index in [0.29, 0.717) is 46.2 Å². The van der Waals surface area contributed by atoms with Gasteiger partial charge in [-0.1, -0.05) is 30.3 Å². The largest absolute Gasteiger partial charge is 0.396 e. The van der Waals surface area contributed by atoms with Crippen LogP contribution in [0, 0.1) is 5.41 Å². The van der Waals surface area contributed by atoms with E-state index in [1.807, 2.05) is 30.3 Å². The summed E-state index contributed by atoms with van der Waals surface area (Å²) in [6, 6.07) is 9.96. The van der Waals surface area contributed by atoms with Gasteiger partial charge in [0.15, 0.2) is 0 Å². The van der Waals surface area contributed by atoms with E-state index in [1.165, 1.54) is 0 Å². The van der Waals surface area contributed by atoms with Crippen molar-refractivity contribution in [1.82, 2.24) is 0 Å². The molecule has 0 amide bonds. The molecular weight excluding hydrogens is 328 g/mol. The highest BCUT2D eigenvalue weighted by atomic mass is 16.6. The van der Waals surface area contributed by atoms with Crippen molar-refractivity contribution in [3.8, 4) is 0 Å². The summed E-state index contributed by atoms with van der Waals surface area (Å²) in [5.41, 5.74) is 0.140. The van der Waals surface area contributed by atoms with Crippen LogP contribution in [0.4, 0.5) is 0 Å². The third-order valence-electron chi connectivity index (χ3n) is 3.64. The van der Waals surface area contributed by atoms with Crippen LogP contribution < -0.4 is 0 Å². The van der Waals surface area contributed by atoms with Crippen LogP contribution in [0.5, 0.6) is 0 Å². The quantitative estimate of drug-likeness (QED) is 0.364. The third-order valence-corrected chi connectivity index (χ3v) is 3.64. The molecule has 25 heavy (non-hydrogen) atoms. The molecule has 1 rings (SSSR count). The molecule has 0 aromatic heterocycles. The van der Waals surface area contributed by atoms with Gasteiger partial charge in [0.2, 0.25) is 0 Å². The molecule has 0 bridgehead atoms. The molecule has 0 saturated carbocycles. The second-order valence-electron chi connectivity index (χ2n) is 5.79. The van der Waals surface area contributed by atoms with Crippen molar-refractivity contribution in [2.75, 3.05) is 66.1 Å². The van der Waals surface area contributed by atoms with Crippen LogP contribution >= 0.6 is 0 Å². The van der Waals surface area contributed by atoms with Gasteiger partial charge in [-0.25, -0.2) is 0 Å². The van der Waals surface area contributed by atoms with E-state index in [9.17, 15) is 0 Å². The molecule has 1 aromatic rings. The summed E-state index contributed by atoms with van der Waals surface area (Å²) in [7, 11) is 0. The Hall–Kier alpha value is -1.06. The number of hydrogen-bond donors (Lipinski definition) is 3. The third kappa shape index (κ3) is 9.86. The lowest BCUT2D eigenvalue weighted by Gasteiger charge is -2.26. The van der Waals surface area contributed by atoms with Gasteiger partial charge in [0.1, 0.15) is 0 Å². The molecule has 0 aliphatic rings. The summed E-state index contributed by atoms with van der Waals surface area (Å²) in [5.74, 6) is 0. The minimum Gasteiger partial charge on any atom is -0.396 e. The highest BCUT2D eigenvalue weighted by Crippen LogP contribution is 2.14. The van der Waals surface area contributed by atoms with Gasteiger partial charge in [-0.15, -0.1) is 0 Å². The van der Waals surface area contributed by atoms with Crippen molar-refractivity contribution in [1.29, 1.82) is 0 Å². The molecule has 7 nitrogen and oxygen atoms in total. The standard InChI is InChI=1S/C18H30O7/c19-13-18(14-20,15-21)16-25-11-9-23-7-6-22-8-10-24-12-17-4-2-1-3-5-17/h1-5,19-21H,6-16H2. The second kappa shape index (κ2) is 14.1. The van der Waals surface area contributed by atoms with E-state index in [2.05, 4.69) is 0 Å². The molecule has 0 spiro atoms. The summed E-state index contributed by atoms with van der Waals surface area (Å²) in [5, 5.41) is 27.4. The van der Waals surface area contributed by atoms with Crippen LogP contribution in [0.25, 0.3) is 0 Å². The minimum absolute atomic E-state index is 0.0785. The molecule has 0 fully saturated rings. The van der Waals surface area contributed by atoms with E-state index >= 15 is 0 Å². The monoisotopic (exact) mass is 358 g/mol. The summed E-state index contributed by atoms with van der Waals surface area (Å²) < 4.78 is 21.5. The van der Waals surface area contributed by atoms with Gasteiger partial charge in [-0.3, -0.25) is 0 Å². The fraction of sp³-hybridized carbons (Fsp3) is 0.667. The maximum absolute atomic E-state index is 9.14. The van der Waals surface area contributed by atoms with E-state index < -0.39 is 5.41 Å². The first-order valence-corrected chi connectivity index (χ1v) is 8.44. The van der Waals surface area contributed by atoms with Gasteiger partial charge in [-0.2, -0.15) is 0 Å². The number of aliphatic hydroxyl groups is 3. The first-order valence-electron chi connectivity index (χ1n) is 8.44. The van der Waals surface area contributed by atoms with E-state index in [-0.39, 0.29) is 26.4 Å². The Labute approximate surface area is 149 Å². The Balaban J connectivity index is 1.86. The van der Waals surface area contributed by atoms with Crippen molar-refractivity contribution >= 4 is 0 Å². The zero-order chi connectivity index (χ0) is 18.2. The lowest BCUT2D eigenvalue weighted by atomic mass is 9.93. The van der Waals surface area contributed by atoms with Crippen LogP contribution in [0.2, 0.25) is 0 Å². The highest BCUT2D eigenvalue weighted by molar-refractivity contribution is 5.13. The summed E-state index contributed by atoms with van der Waals surface area (Å²) in [6.07, 6.45) is 0. The molecule has 144 valence electrons. The fourth-order valence-corrected chi connectivity index (χ4v) is 1.90. The topological polar surface area (TPSA) is 97.6 Å². The molecule has 0 radical (unpaired) electrons. The number of benzene rings is 1. The minimum atomic E-state index is -0.997. The first-order chi connectivity index (χ1) is 12.3. The van der Waals surface area contributed by atoms with Crippen LogP contribution in [-0.4, -0.2) is 81.4 Å². The van der Waals surface area contributed by atoms with Gasteiger partial charge in [0.05, 0.1) is 78.1 Å². The molecule has 1 aromatic carbocycles. The molecule has 0 atom stereocenters. The Bertz CT molecular complexity index is 401. The zero-order valence-electron chi connectivity index (χ0n) is 14.6.